The van der Waals surface area contributed by atoms with Gasteiger partial charge in [0.2, 0.25) is 0 Å². The van der Waals surface area contributed by atoms with E-state index in [2.05, 4.69) is 176 Å². The first-order valence-corrected chi connectivity index (χ1v) is 24.9. The zero-order chi connectivity index (χ0) is 34.4. The minimum atomic E-state index is -1.86. The molecule has 0 saturated carbocycles. The Balaban J connectivity index is 0.000000441. The van der Waals surface area contributed by atoms with Gasteiger partial charge >= 0.3 is 76.3 Å². The van der Waals surface area contributed by atoms with E-state index in [1.54, 1.807) is 0 Å². The quantitative estimate of drug-likeness (QED) is 0.117. The van der Waals surface area contributed by atoms with Gasteiger partial charge in [-0.3, -0.25) is 0 Å². The molecule has 0 bridgehead atoms. The van der Waals surface area contributed by atoms with E-state index >= 15 is 0 Å². The molecular weight excluding hydrogens is 649 g/mol. The normalized spacial score (nSPS) is 11.7. The zero-order valence-corrected chi connectivity index (χ0v) is 34.8. The van der Waals surface area contributed by atoms with Crippen LogP contribution in [0.5, 0.6) is 0 Å². The van der Waals surface area contributed by atoms with Crippen LogP contribution in [0.25, 0.3) is 9.96 Å². The van der Waals surface area contributed by atoms with Gasteiger partial charge in [0.15, 0.2) is 0 Å². The van der Waals surface area contributed by atoms with E-state index in [-0.39, 0.29) is 7.92 Å². The molecule has 0 saturated heterocycles. The summed E-state index contributed by atoms with van der Waals surface area (Å²) in [7, 11) is -4.05. The van der Waals surface area contributed by atoms with Gasteiger partial charge in [0.1, 0.15) is 0 Å². The second-order valence-electron chi connectivity index (χ2n) is 14.4. The fourth-order valence-electron chi connectivity index (χ4n) is 6.52. The first-order chi connectivity index (χ1) is 21.4. The maximum absolute atomic E-state index is 5.49. The molecule has 0 fully saturated rings. The molecule has 0 aliphatic carbocycles. The van der Waals surface area contributed by atoms with Crippen molar-refractivity contribution in [3.63, 3.8) is 0 Å². The van der Waals surface area contributed by atoms with Crippen molar-refractivity contribution in [2.24, 2.45) is 3.79 Å². The molecule has 0 aromatic heterocycles. The van der Waals surface area contributed by atoms with Crippen molar-refractivity contribution in [1.82, 2.24) is 0 Å². The Morgan fingerprint density at radius 3 is 1.20 bits per heavy atom. The summed E-state index contributed by atoms with van der Waals surface area (Å²) in [5.74, 6) is 2.41. The number of nitrogens with zero attached hydrogens (tertiary/aromatic N) is 3. The van der Waals surface area contributed by atoms with Crippen molar-refractivity contribution < 1.29 is 17.2 Å². The van der Waals surface area contributed by atoms with E-state index in [1.165, 1.54) is 78.3 Å². The Hall–Kier alpha value is -2.27. The van der Waals surface area contributed by atoms with E-state index < -0.39 is 16.5 Å². The Morgan fingerprint density at radius 1 is 0.543 bits per heavy atom. The van der Waals surface area contributed by atoms with Crippen molar-refractivity contribution in [2.75, 3.05) is 11.6 Å². The third-order valence-corrected chi connectivity index (χ3v) is 20.4. The first-order valence-electron chi connectivity index (χ1n) is 16.3. The summed E-state index contributed by atoms with van der Waals surface area (Å²) in [6, 6.07) is 24.6. The average molecular weight is 703 g/mol. The summed E-state index contributed by atoms with van der Waals surface area (Å²) in [5.41, 5.74) is 15.2. The molecular formula is C39H54N3PSi2V. The van der Waals surface area contributed by atoms with Gasteiger partial charge in [-0.2, -0.15) is 0 Å². The van der Waals surface area contributed by atoms with Crippen LogP contribution < -0.4 is 5.30 Å². The Labute approximate surface area is 293 Å². The molecule has 0 radical (unpaired) electrons. The molecule has 4 rings (SSSR count). The molecule has 7 heteroatoms. The van der Waals surface area contributed by atoms with Crippen molar-refractivity contribution in [3.8, 4) is 0 Å². The average Bonchev–Trinajstić information content (AvgIpc) is 2.93. The van der Waals surface area contributed by atoms with E-state index in [9.17, 15) is 0 Å². The molecule has 46 heavy (non-hydrogen) atoms. The van der Waals surface area contributed by atoms with Crippen LogP contribution in [0.15, 0.2) is 70.5 Å². The summed E-state index contributed by atoms with van der Waals surface area (Å²) in [6.07, 6.45) is 0. The molecule has 0 heterocycles. The molecule has 243 valence electrons. The van der Waals surface area contributed by atoms with Gasteiger partial charge in [0, 0.05) is 0 Å². The molecule has 0 aliphatic heterocycles. The minimum absolute atomic E-state index is 0.339. The Morgan fingerprint density at radius 2 is 0.870 bits per heavy atom. The Bertz CT molecular complexity index is 1530. The third-order valence-electron chi connectivity index (χ3n) is 8.11. The summed E-state index contributed by atoms with van der Waals surface area (Å²) in [6.45, 7) is 29.3. The van der Waals surface area contributed by atoms with Gasteiger partial charge in [-0.25, -0.2) is 0 Å². The fraction of sp³-hybridized carbons (Fsp3) is 0.385. The number of hydrogen-bond donors (Lipinski definition) is 0. The van der Waals surface area contributed by atoms with Gasteiger partial charge in [-0.1, -0.05) is 122 Å². The van der Waals surface area contributed by atoms with Crippen LogP contribution >= 0.6 is 7.92 Å². The fourth-order valence-corrected chi connectivity index (χ4v) is 20.5. The van der Waals surface area contributed by atoms with Crippen molar-refractivity contribution in [3.05, 3.63) is 127 Å². The molecule has 3 nitrogen and oxygen atoms in total. The van der Waals surface area contributed by atoms with E-state index in [0.717, 1.165) is 5.69 Å². The van der Waals surface area contributed by atoms with Gasteiger partial charge in [-0.05, 0) is 74.9 Å². The Kier molecular flexibility index (Phi) is 13.5. The predicted octanol–water partition coefficient (Wildman–Crippen LogP) is 12.5. The summed E-state index contributed by atoms with van der Waals surface area (Å²) >= 11 is 2.26. The number of benzene rings is 4. The number of hydrogen-bond acceptors (Lipinski definition) is 1. The summed E-state index contributed by atoms with van der Waals surface area (Å²) < 4.78 is 4.15. The molecule has 4 aromatic carbocycles. The van der Waals surface area contributed by atoms with Crippen molar-refractivity contribution in [2.45, 2.75) is 88.5 Å². The molecule has 0 atom stereocenters. The molecule has 0 N–H and O–H groups in total. The van der Waals surface area contributed by atoms with Gasteiger partial charge in [-0.15, -0.1) is 11.4 Å². The molecule has 0 spiro atoms. The first kappa shape index (κ1) is 38.2. The SMILES string of the molecule is Cc1cc(C)c([N-][Si](C)(C)CP(C[Si](C)(C)[N-]c2c(C)cc(C)cc2C)c2ccccc2)c(C)c1.Cc1cc(C)c([N]=[V+2])c(C)c1. The van der Waals surface area contributed by atoms with Crippen LogP contribution in [0.1, 0.15) is 50.1 Å². The van der Waals surface area contributed by atoms with Crippen LogP contribution in [0.3, 0.4) is 0 Å². The summed E-state index contributed by atoms with van der Waals surface area (Å²) in [4.78, 5) is 11.0. The standard InChI is InChI=1S/C30H43N2PSi2.C9H11N.V/c1-22-16-24(3)29(25(4)17-22)31-34(7,8)20-33(28-14-12-11-13-15-28)21-35(9,10)32-30-26(5)18-23(2)19-27(30)6;1-6-4-7(2)9(10)8(3)5-6;/h11-19H,20-21H2,1-10H3;4-5H,1-3H3;/q-2;;+2. The second-order valence-corrected chi connectivity index (χ2v) is 26.5. The zero-order valence-electron chi connectivity index (χ0n) is 30.5. The summed E-state index contributed by atoms with van der Waals surface area (Å²) in [5, 5.41) is 1.50. The van der Waals surface area contributed by atoms with E-state index in [1.807, 2.05) is 0 Å². The maximum atomic E-state index is 5.49. The number of rotatable bonds is 10. The monoisotopic (exact) mass is 702 g/mol. The number of aryl methyl sites for hydroxylation is 9. The van der Waals surface area contributed by atoms with Crippen molar-refractivity contribution >= 4 is 46.8 Å². The van der Waals surface area contributed by atoms with E-state index in [4.69, 9.17) is 9.96 Å². The topological polar surface area (TPSA) is 40.6 Å². The van der Waals surface area contributed by atoms with Crippen LogP contribution in [0, 0.1) is 62.3 Å². The van der Waals surface area contributed by atoms with Gasteiger partial charge in [0.25, 0.3) is 0 Å². The van der Waals surface area contributed by atoms with Gasteiger partial charge < -0.3 is 9.96 Å². The molecule has 0 aliphatic rings. The van der Waals surface area contributed by atoms with Gasteiger partial charge in [0.05, 0.1) is 0 Å². The predicted molar refractivity (Wildman–Crippen MR) is 208 cm³/mol. The third kappa shape index (κ3) is 10.9. The van der Waals surface area contributed by atoms with Crippen LogP contribution in [0.4, 0.5) is 17.1 Å². The molecule has 0 unspecified atom stereocenters. The van der Waals surface area contributed by atoms with Crippen LogP contribution in [-0.4, -0.2) is 28.0 Å². The van der Waals surface area contributed by atoms with Crippen LogP contribution in [-0.2, 0) is 17.2 Å². The van der Waals surface area contributed by atoms with E-state index in [0.29, 0.717) is 0 Å². The van der Waals surface area contributed by atoms with Crippen molar-refractivity contribution in [1.29, 1.82) is 0 Å². The molecule has 0 amide bonds. The second kappa shape index (κ2) is 16.2. The molecule has 4 aromatic rings. The van der Waals surface area contributed by atoms with Crippen LogP contribution in [0.2, 0.25) is 26.2 Å².